The fourth-order valence-electron chi connectivity index (χ4n) is 2.65. The first kappa shape index (κ1) is 14.5. The van der Waals surface area contributed by atoms with E-state index in [0.29, 0.717) is 19.1 Å². The molecule has 19 heavy (non-hydrogen) atoms. The molecule has 1 aromatic heterocycles. The lowest BCUT2D eigenvalue weighted by Gasteiger charge is -2.37. The molecule has 1 aliphatic rings. The van der Waals surface area contributed by atoms with Gasteiger partial charge in [-0.1, -0.05) is 12.5 Å². The Morgan fingerprint density at radius 1 is 1.63 bits per heavy atom. The van der Waals surface area contributed by atoms with Crippen molar-refractivity contribution in [2.45, 2.75) is 44.8 Å². The van der Waals surface area contributed by atoms with Gasteiger partial charge in [0.1, 0.15) is 0 Å². The maximum atomic E-state index is 12.0. The molecule has 2 unspecified atom stereocenters. The van der Waals surface area contributed by atoms with Crippen molar-refractivity contribution in [2.75, 3.05) is 13.1 Å². The highest BCUT2D eigenvalue weighted by molar-refractivity contribution is 7.09. The van der Waals surface area contributed by atoms with Gasteiger partial charge in [-0.15, -0.1) is 11.3 Å². The highest BCUT2D eigenvalue weighted by Gasteiger charge is 2.26. The molecule has 0 aliphatic carbocycles. The van der Waals surface area contributed by atoms with Crippen LogP contribution in [0.15, 0.2) is 17.5 Å². The van der Waals surface area contributed by atoms with Crippen LogP contribution in [0.25, 0.3) is 0 Å². The third-order valence-corrected chi connectivity index (χ3v) is 4.53. The molecule has 2 heterocycles. The molecular weight excluding hydrogens is 258 g/mol. The zero-order valence-electron chi connectivity index (χ0n) is 11.5. The summed E-state index contributed by atoms with van der Waals surface area (Å²) in [4.78, 5) is 15.4. The second kappa shape index (κ2) is 7.03. The number of carbonyl (C=O) groups excluding carboxylic acids is 1. The molecular formula is C14H23N3OS. The molecule has 0 radical (unpaired) electrons. The van der Waals surface area contributed by atoms with Crippen molar-refractivity contribution in [1.82, 2.24) is 10.2 Å². The molecule has 3 N–H and O–H groups in total. The van der Waals surface area contributed by atoms with Gasteiger partial charge in [0.05, 0.1) is 13.1 Å². The largest absolute Gasteiger partial charge is 0.350 e. The molecule has 0 spiro atoms. The van der Waals surface area contributed by atoms with Crippen LogP contribution >= 0.6 is 11.3 Å². The summed E-state index contributed by atoms with van der Waals surface area (Å²) < 4.78 is 0. The highest BCUT2D eigenvalue weighted by Crippen LogP contribution is 2.18. The molecule has 1 saturated heterocycles. The smallest absolute Gasteiger partial charge is 0.234 e. The minimum absolute atomic E-state index is 0.0981. The molecule has 2 atom stereocenters. The summed E-state index contributed by atoms with van der Waals surface area (Å²) in [6.07, 6.45) is 3.50. The summed E-state index contributed by atoms with van der Waals surface area (Å²) in [6, 6.07) is 4.52. The van der Waals surface area contributed by atoms with Crippen LogP contribution in [0.3, 0.4) is 0 Å². The van der Waals surface area contributed by atoms with Gasteiger partial charge in [0.15, 0.2) is 0 Å². The van der Waals surface area contributed by atoms with Crippen molar-refractivity contribution in [3.8, 4) is 0 Å². The van der Waals surface area contributed by atoms with Gasteiger partial charge < -0.3 is 11.1 Å². The Balaban J connectivity index is 1.79. The summed E-state index contributed by atoms with van der Waals surface area (Å²) in [5.74, 6) is 0.0981. The number of rotatable bonds is 5. The monoisotopic (exact) mass is 281 g/mol. The maximum absolute atomic E-state index is 12.0. The van der Waals surface area contributed by atoms with Crippen LogP contribution in [-0.2, 0) is 11.3 Å². The van der Waals surface area contributed by atoms with Gasteiger partial charge in [0, 0.05) is 17.0 Å². The normalized spacial score (nSPS) is 22.1. The average Bonchev–Trinajstić information content (AvgIpc) is 2.90. The summed E-state index contributed by atoms with van der Waals surface area (Å²) >= 11 is 1.67. The Kier molecular flexibility index (Phi) is 5.36. The standard InChI is InChI=1S/C14H23N3OS/c1-11(15)13-6-2-3-7-17(13)10-14(18)16-9-12-5-4-8-19-12/h4-5,8,11,13H,2-3,6-7,9-10,15H2,1H3,(H,16,18). The number of hydrogen-bond donors (Lipinski definition) is 2. The first-order chi connectivity index (χ1) is 9.16. The van der Waals surface area contributed by atoms with Gasteiger partial charge >= 0.3 is 0 Å². The van der Waals surface area contributed by atoms with Crippen molar-refractivity contribution in [2.24, 2.45) is 5.73 Å². The lowest BCUT2D eigenvalue weighted by Crippen LogP contribution is -2.52. The Labute approximate surface area is 119 Å². The van der Waals surface area contributed by atoms with E-state index in [0.717, 1.165) is 13.0 Å². The molecule has 1 fully saturated rings. The SMILES string of the molecule is CC(N)C1CCCCN1CC(=O)NCc1cccs1. The number of nitrogens with one attached hydrogen (secondary N) is 1. The highest BCUT2D eigenvalue weighted by atomic mass is 32.1. The molecule has 2 rings (SSSR count). The van der Waals surface area contributed by atoms with Gasteiger partial charge in [-0.2, -0.15) is 0 Å². The van der Waals surface area contributed by atoms with Crippen LogP contribution in [0.4, 0.5) is 0 Å². The van der Waals surface area contributed by atoms with E-state index in [-0.39, 0.29) is 11.9 Å². The summed E-state index contributed by atoms with van der Waals surface area (Å²) in [5, 5.41) is 5.01. The van der Waals surface area contributed by atoms with E-state index < -0.39 is 0 Å². The van der Waals surface area contributed by atoms with Gasteiger partial charge in [0.25, 0.3) is 0 Å². The number of likely N-dealkylation sites (tertiary alicyclic amines) is 1. The molecule has 0 aromatic carbocycles. The molecule has 0 bridgehead atoms. The zero-order valence-corrected chi connectivity index (χ0v) is 12.3. The van der Waals surface area contributed by atoms with Crippen molar-refractivity contribution in [3.63, 3.8) is 0 Å². The van der Waals surface area contributed by atoms with Crippen LogP contribution in [0.5, 0.6) is 0 Å². The molecule has 1 amide bonds. The Morgan fingerprint density at radius 2 is 2.47 bits per heavy atom. The van der Waals surface area contributed by atoms with Crippen molar-refractivity contribution in [3.05, 3.63) is 22.4 Å². The first-order valence-corrected chi connectivity index (χ1v) is 7.83. The number of carbonyl (C=O) groups is 1. The van der Waals surface area contributed by atoms with Gasteiger partial charge in [-0.25, -0.2) is 0 Å². The predicted molar refractivity (Wildman–Crippen MR) is 79.0 cm³/mol. The van der Waals surface area contributed by atoms with Crippen molar-refractivity contribution < 1.29 is 4.79 Å². The Bertz CT molecular complexity index is 391. The summed E-state index contributed by atoms with van der Waals surface area (Å²) in [5.41, 5.74) is 6.01. The number of amides is 1. The maximum Gasteiger partial charge on any atom is 0.234 e. The Morgan fingerprint density at radius 3 is 3.16 bits per heavy atom. The van der Waals surface area contributed by atoms with E-state index in [9.17, 15) is 4.79 Å². The molecule has 4 nitrogen and oxygen atoms in total. The van der Waals surface area contributed by atoms with Crippen molar-refractivity contribution in [1.29, 1.82) is 0 Å². The topological polar surface area (TPSA) is 58.4 Å². The quantitative estimate of drug-likeness (QED) is 0.861. The number of nitrogens with two attached hydrogens (primary N) is 1. The van der Waals surface area contributed by atoms with Gasteiger partial charge in [0.2, 0.25) is 5.91 Å². The third-order valence-electron chi connectivity index (χ3n) is 3.66. The second-order valence-corrected chi connectivity index (χ2v) is 6.28. The lowest BCUT2D eigenvalue weighted by atomic mass is 9.97. The minimum Gasteiger partial charge on any atom is -0.350 e. The summed E-state index contributed by atoms with van der Waals surface area (Å²) in [7, 11) is 0. The predicted octanol–water partition coefficient (Wildman–Crippen LogP) is 1.57. The van der Waals surface area contributed by atoms with E-state index in [2.05, 4.69) is 10.2 Å². The lowest BCUT2D eigenvalue weighted by molar-refractivity contribution is -0.123. The molecule has 1 aromatic rings. The fourth-order valence-corrected chi connectivity index (χ4v) is 3.29. The zero-order chi connectivity index (χ0) is 13.7. The van der Waals surface area contributed by atoms with Crippen LogP contribution in [0.1, 0.15) is 31.1 Å². The molecule has 5 heteroatoms. The third kappa shape index (κ3) is 4.30. The van der Waals surface area contributed by atoms with Crippen LogP contribution in [-0.4, -0.2) is 36.0 Å². The second-order valence-electron chi connectivity index (χ2n) is 5.25. The number of nitrogens with zero attached hydrogens (tertiary/aromatic N) is 1. The number of thiophene rings is 1. The van der Waals surface area contributed by atoms with Crippen LogP contribution in [0.2, 0.25) is 0 Å². The van der Waals surface area contributed by atoms with Gasteiger partial charge in [-0.3, -0.25) is 9.69 Å². The fraction of sp³-hybridized carbons (Fsp3) is 0.643. The van der Waals surface area contributed by atoms with Crippen molar-refractivity contribution >= 4 is 17.2 Å². The van der Waals surface area contributed by atoms with E-state index >= 15 is 0 Å². The molecule has 0 saturated carbocycles. The molecule has 106 valence electrons. The van der Waals surface area contributed by atoms with Crippen LogP contribution in [0, 0.1) is 0 Å². The number of piperidine rings is 1. The van der Waals surface area contributed by atoms with E-state index in [1.165, 1.54) is 17.7 Å². The Hall–Kier alpha value is -0.910. The van der Waals surface area contributed by atoms with Gasteiger partial charge in [-0.05, 0) is 37.8 Å². The van der Waals surface area contributed by atoms with E-state index in [4.69, 9.17) is 5.73 Å². The minimum atomic E-state index is 0.0981. The van der Waals surface area contributed by atoms with E-state index in [1.807, 2.05) is 24.4 Å². The van der Waals surface area contributed by atoms with E-state index in [1.54, 1.807) is 11.3 Å². The molecule has 1 aliphatic heterocycles. The summed E-state index contributed by atoms with van der Waals surface area (Å²) in [6.45, 7) is 4.12. The average molecular weight is 281 g/mol. The number of hydrogen-bond acceptors (Lipinski definition) is 4. The first-order valence-electron chi connectivity index (χ1n) is 6.95. The van der Waals surface area contributed by atoms with Crippen LogP contribution < -0.4 is 11.1 Å².